The van der Waals surface area contributed by atoms with Crippen molar-refractivity contribution in [2.45, 2.75) is 56.0 Å². The fraction of sp³-hybridized carbons (Fsp3) is 0.625. The van der Waals surface area contributed by atoms with E-state index in [4.69, 9.17) is 5.73 Å². The van der Waals surface area contributed by atoms with Crippen molar-refractivity contribution in [2.75, 3.05) is 6.54 Å². The second-order valence-electron chi connectivity index (χ2n) is 6.02. The van der Waals surface area contributed by atoms with Crippen LogP contribution in [0.15, 0.2) is 24.3 Å². The molecule has 2 nitrogen and oxygen atoms in total. The van der Waals surface area contributed by atoms with Gasteiger partial charge in [-0.2, -0.15) is 0 Å². The maximum atomic E-state index is 11.2. The van der Waals surface area contributed by atoms with Crippen molar-refractivity contribution in [3.8, 4) is 0 Å². The van der Waals surface area contributed by atoms with Gasteiger partial charge >= 0.3 is 0 Å². The lowest BCUT2D eigenvalue weighted by Crippen LogP contribution is -2.57. The molecule has 2 heteroatoms. The minimum absolute atomic E-state index is 0.0746. The van der Waals surface area contributed by atoms with E-state index in [9.17, 15) is 5.11 Å². The van der Waals surface area contributed by atoms with E-state index < -0.39 is 5.60 Å². The van der Waals surface area contributed by atoms with Crippen LogP contribution in [0.1, 0.15) is 49.7 Å². The molecule has 0 heterocycles. The zero-order valence-electron chi connectivity index (χ0n) is 11.0. The first-order valence-corrected chi connectivity index (χ1v) is 7.23. The number of aryl methyl sites for hydroxylation is 1. The summed E-state index contributed by atoms with van der Waals surface area (Å²) in [5.41, 5.74) is 8.08. The van der Waals surface area contributed by atoms with E-state index in [1.165, 1.54) is 17.5 Å². The van der Waals surface area contributed by atoms with Crippen LogP contribution in [0, 0.1) is 0 Å². The Morgan fingerprint density at radius 1 is 1.11 bits per heavy atom. The fourth-order valence-corrected chi connectivity index (χ4v) is 4.35. The zero-order valence-corrected chi connectivity index (χ0v) is 11.0. The molecule has 1 saturated carbocycles. The van der Waals surface area contributed by atoms with Crippen LogP contribution in [-0.4, -0.2) is 17.3 Å². The normalized spacial score (nSPS) is 34.8. The van der Waals surface area contributed by atoms with E-state index in [-0.39, 0.29) is 5.41 Å². The molecule has 3 rings (SSSR count). The molecule has 0 aromatic heterocycles. The molecule has 0 saturated heterocycles. The number of rotatable bonds is 2. The van der Waals surface area contributed by atoms with Crippen molar-refractivity contribution in [1.29, 1.82) is 0 Å². The summed E-state index contributed by atoms with van der Waals surface area (Å²) < 4.78 is 0. The van der Waals surface area contributed by atoms with Crippen LogP contribution < -0.4 is 5.73 Å². The van der Waals surface area contributed by atoms with Crippen LogP contribution in [0.25, 0.3) is 0 Å². The molecule has 18 heavy (non-hydrogen) atoms. The van der Waals surface area contributed by atoms with Crippen LogP contribution in [0.4, 0.5) is 0 Å². The second-order valence-corrected chi connectivity index (χ2v) is 6.02. The van der Waals surface area contributed by atoms with Crippen LogP contribution in [0.3, 0.4) is 0 Å². The second kappa shape index (κ2) is 4.36. The van der Waals surface area contributed by atoms with Gasteiger partial charge in [-0.3, -0.25) is 0 Å². The predicted octanol–water partition coefficient (Wildman–Crippen LogP) is 2.52. The molecular weight excluding hydrogens is 222 g/mol. The minimum Gasteiger partial charge on any atom is -0.389 e. The molecule has 0 aliphatic heterocycles. The standard InChI is InChI=1S/C16H23NO/c17-12-11-15-8-3-4-9-16(15,18)10-7-13-5-1-2-6-14(13)15/h1-2,5-6,18H,3-4,7-12,17H2/t15-,16+/m0/s1. The van der Waals surface area contributed by atoms with Gasteiger partial charge in [0, 0.05) is 5.41 Å². The van der Waals surface area contributed by atoms with Gasteiger partial charge in [-0.05, 0) is 49.8 Å². The van der Waals surface area contributed by atoms with E-state index in [0.29, 0.717) is 6.54 Å². The van der Waals surface area contributed by atoms with Crippen molar-refractivity contribution in [1.82, 2.24) is 0 Å². The van der Waals surface area contributed by atoms with E-state index >= 15 is 0 Å². The van der Waals surface area contributed by atoms with Crippen LogP contribution in [0.5, 0.6) is 0 Å². The van der Waals surface area contributed by atoms with Gasteiger partial charge < -0.3 is 10.8 Å². The highest BCUT2D eigenvalue weighted by atomic mass is 16.3. The maximum absolute atomic E-state index is 11.2. The molecule has 2 aliphatic carbocycles. The van der Waals surface area contributed by atoms with Gasteiger partial charge in [0.15, 0.2) is 0 Å². The fourth-order valence-electron chi connectivity index (χ4n) is 4.35. The molecule has 1 aromatic carbocycles. The van der Waals surface area contributed by atoms with Gasteiger partial charge in [0.1, 0.15) is 0 Å². The lowest BCUT2D eigenvalue weighted by molar-refractivity contribution is -0.0862. The number of aliphatic hydroxyl groups is 1. The van der Waals surface area contributed by atoms with E-state index in [1.54, 1.807) is 0 Å². The number of benzene rings is 1. The molecule has 0 radical (unpaired) electrons. The van der Waals surface area contributed by atoms with Crippen molar-refractivity contribution in [3.05, 3.63) is 35.4 Å². The SMILES string of the molecule is NCC[C@]12CCCC[C@@]1(O)CCc1ccccc12. The third-order valence-corrected chi connectivity index (χ3v) is 5.25. The van der Waals surface area contributed by atoms with Gasteiger partial charge in [0.2, 0.25) is 0 Å². The minimum atomic E-state index is -0.515. The number of fused-ring (bicyclic) bond motifs is 3. The zero-order chi connectivity index (χ0) is 12.6. The Hall–Kier alpha value is -0.860. The first-order valence-electron chi connectivity index (χ1n) is 7.23. The lowest BCUT2D eigenvalue weighted by atomic mass is 9.53. The smallest absolute Gasteiger partial charge is 0.0747 e. The van der Waals surface area contributed by atoms with Crippen molar-refractivity contribution >= 4 is 0 Å². The summed E-state index contributed by atoms with van der Waals surface area (Å²) in [6.07, 6.45) is 7.25. The molecule has 1 aromatic rings. The highest BCUT2D eigenvalue weighted by Gasteiger charge is 2.54. The summed E-state index contributed by atoms with van der Waals surface area (Å²) >= 11 is 0. The Bertz CT molecular complexity index is 440. The van der Waals surface area contributed by atoms with Crippen molar-refractivity contribution in [2.24, 2.45) is 5.73 Å². The number of hydrogen-bond acceptors (Lipinski definition) is 2. The highest BCUT2D eigenvalue weighted by molar-refractivity contribution is 5.41. The summed E-state index contributed by atoms with van der Waals surface area (Å²) in [6, 6.07) is 8.67. The van der Waals surface area contributed by atoms with Crippen LogP contribution in [-0.2, 0) is 11.8 Å². The largest absolute Gasteiger partial charge is 0.389 e. The summed E-state index contributed by atoms with van der Waals surface area (Å²) in [6.45, 7) is 0.663. The first-order chi connectivity index (χ1) is 8.72. The Labute approximate surface area is 109 Å². The van der Waals surface area contributed by atoms with Gasteiger partial charge in [0.05, 0.1) is 5.60 Å². The van der Waals surface area contributed by atoms with Gasteiger partial charge in [-0.25, -0.2) is 0 Å². The first kappa shape index (κ1) is 12.2. The molecule has 2 atom stereocenters. The Morgan fingerprint density at radius 2 is 1.89 bits per heavy atom. The summed E-state index contributed by atoms with van der Waals surface area (Å²) in [5, 5.41) is 11.2. The highest BCUT2D eigenvalue weighted by Crippen LogP contribution is 2.54. The van der Waals surface area contributed by atoms with E-state index in [0.717, 1.165) is 38.5 Å². The Balaban J connectivity index is 2.15. The monoisotopic (exact) mass is 245 g/mol. The summed E-state index contributed by atoms with van der Waals surface area (Å²) in [7, 11) is 0. The quantitative estimate of drug-likeness (QED) is 0.841. The molecular formula is C16H23NO. The van der Waals surface area contributed by atoms with Gasteiger partial charge in [-0.15, -0.1) is 0 Å². The molecule has 0 amide bonds. The molecule has 0 bridgehead atoms. The Kier molecular flexibility index (Phi) is 2.95. The number of hydrogen-bond donors (Lipinski definition) is 2. The van der Waals surface area contributed by atoms with Crippen LogP contribution >= 0.6 is 0 Å². The predicted molar refractivity (Wildman–Crippen MR) is 73.5 cm³/mol. The molecule has 2 aliphatic rings. The van der Waals surface area contributed by atoms with E-state index in [1.807, 2.05) is 0 Å². The lowest BCUT2D eigenvalue weighted by Gasteiger charge is -2.54. The summed E-state index contributed by atoms with van der Waals surface area (Å²) in [5.74, 6) is 0. The van der Waals surface area contributed by atoms with Crippen LogP contribution in [0.2, 0.25) is 0 Å². The topological polar surface area (TPSA) is 46.2 Å². The van der Waals surface area contributed by atoms with Gasteiger partial charge in [0.25, 0.3) is 0 Å². The third kappa shape index (κ3) is 1.55. The Morgan fingerprint density at radius 3 is 2.72 bits per heavy atom. The number of nitrogens with two attached hydrogens (primary N) is 1. The van der Waals surface area contributed by atoms with Gasteiger partial charge in [-0.1, -0.05) is 37.1 Å². The van der Waals surface area contributed by atoms with Crippen molar-refractivity contribution < 1.29 is 5.11 Å². The average molecular weight is 245 g/mol. The van der Waals surface area contributed by atoms with Crippen molar-refractivity contribution in [3.63, 3.8) is 0 Å². The molecule has 3 N–H and O–H groups in total. The average Bonchev–Trinajstić information content (AvgIpc) is 2.40. The summed E-state index contributed by atoms with van der Waals surface area (Å²) in [4.78, 5) is 0. The molecule has 0 unspecified atom stereocenters. The maximum Gasteiger partial charge on any atom is 0.0747 e. The van der Waals surface area contributed by atoms with E-state index in [2.05, 4.69) is 24.3 Å². The molecule has 98 valence electrons. The molecule has 0 spiro atoms. The molecule has 1 fully saturated rings. The third-order valence-electron chi connectivity index (χ3n) is 5.25.